The van der Waals surface area contributed by atoms with Crippen molar-refractivity contribution in [3.63, 3.8) is 0 Å². The van der Waals surface area contributed by atoms with Crippen molar-refractivity contribution in [2.24, 2.45) is 0 Å². The van der Waals surface area contributed by atoms with Gasteiger partial charge in [0.2, 0.25) is 0 Å². The molecule has 0 heterocycles. The van der Waals surface area contributed by atoms with Crippen LogP contribution in [0, 0.1) is 22.0 Å². The van der Waals surface area contributed by atoms with Crippen molar-refractivity contribution in [1.29, 1.82) is 0 Å². The summed E-state index contributed by atoms with van der Waals surface area (Å²) in [4.78, 5) is 10.0. The zero-order valence-corrected chi connectivity index (χ0v) is 8.84. The fourth-order valence-corrected chi connectivity index (χ4v) is 1.15. The van der Waals surface area contributed by atoms with Gasteiger partial charge in [0.1, 0.15) is 5.02 Å². The van der Waals surface area contributed by atoms with Gasteiger partial charge in [-0.25, -0.2) is 0 Å². The minimum atomic E-state index is -0.522. The third kappa shape index (κ3) is 3.24. The predicted molar refractivity (Wildman–Crippen MR) is 58.9 cm³/mol. The largest absolute Gasteiger partial charge is 0.309 e. The molecule has 15 heavy (non-hydrogen) atoms. The van der Waals surface area contributed by atoms with E-state index in [1.807, 2.05) is 0 Å². The maximum absolute atomic E-state index is 10.6. The zero-order valence-electron chi connectivity index (χ0n) is 8.08. The van der Waals surface area contributed by atoms with Gasteiger partial charge >= 0.3 is 0 Å². The molecule has 0 aliphatic rings. The molecule has 0 spiro atoms. The number of hydrogen-bond acceptors (Lipinski definition) is 3. The molecule has 1 rings (SSSR count). The van der Waals surface area contributed by atoms with Gasteiger partial charge in [-0.05, 0) is 19.2 Å². The van der Waals surface area contributed by atoms with Crippen LogP contribution in [-0.2, 0) is 0 Å². The summed E-state index contributed by atoms with van der Waals surface area (Å²) >= 11 is 5.65. The lowest BCUT2D eigenvalue weighted by atomic mass is 10.2. The van der Waals surface area contributed by atoms with Crippen LogP contribution in [0.4, 0.5) is 5.69 Å². The average Bonchev–Trinajstić information content (AvgIpc) is 2.20. The van der Waals surface area contributed by atoms with Crippen LogP contribution in [0.3, 0.4) is 0 Å². The number of nitro groups is 1. The summed E-state index contributed by atoms with van der Waals surface area (Å²) in [5.41, 5.74) is 0.467. The maximum atomic E-state index is 10.6. The molecule has 1 aromatic rings. The van der Waals surface area contributed by atoms with Crippen LogP contribution >= 0.6 is 11.6 Å². The number of nitrogens with one attached hydrogen (secondary N) is 1. The Balaban J connectivity index is 2.99. The normalized spacial score (nSPS) is 9.20. The predicted octanol–water partition coefficient (Wildman–Crippen LogP) is 1.82. The van der Waals surface area contributed by atoms with Gasteiger partial charge in [-0.2, -0.15) is 0 Å². The van der Waals surface area contributed by atoms with E-state index in [1.165, 1.54) is 12.1 Å². The molecule has 0 radical (unpaired) electrons. The molecule has 0 aromatic heterocycles. The molecule has 78 valence electrons. The Kier molecular flexibility index (Phi) is 4.10. The topological polar surface area (TPSA) is 55.2 Å². The fourth-order valence-electron chi connectivity index (χ4n) is 0.965. The zero-order chi connectivity index (χ0) is 11.3. The fraction of sp³-hybridized carbons (Fsp3) is 0.200. The van der Waals surface area contributed by atoms with Crippen molar-refractivity contribution in [1.82, 2.24) is 5.32 Å². The van der Waals surface area contributed by atoms with Crippen molar-refractivity contribution >= 4 is 17.3 Å². The molecule has 0 saturated heterocycles. The van der Waals surface area contributed by atoms with Crippen LogP contribution in [0.15, 0.2) is 18.2 Å². The molecule has 1 N–H and O–H groups in total. The molecule has 5 heteroatoms. The van der Waals surface area contributed by atoms with E-state index in [2.05, 4.69) is 17.2 Å². The average molecular weight is 225 g/mol. The third-order valence-corrected chi connectivity index (χ3v) is 1.96. The summed E-state index contributed by atoms with van der Waals surface area (Å²) in [6.07, 6.45) is 0. The number of hydrogen-bond donors (Lipinski definition) is 1. The Hall–Kier alpha value is -1.57. The number of halogens is 1. The van der Waals surface area contributed by atoms with E-state index in [4.69, 9.17) is 11.6 Å². The minimum absolute atomic E-state index is 0.118. The quantitative estimate of drug-likeness (QED) is 0.474. The number of nitro benzene ring substituents is 1. The Bertz CT molecular complexity index is 435. The van der Waals surface area contributed by atoms with Crippen molar-refractivity contribution in [2.45, 2.75) is 0 Å². The summed E-state index contributed by atoms with van der Waals surface area (Å²) in [5.74, 6) is 5.60. The SMILES string of the molecule is CNCC#Cc1ccc(Cl)c([N+](=O)[O-])c1. The highest BCUT2D eigenvalue weighted by Crippen LogP contribution is 2.24. The van der Waals surface area contributed by atoms with E-state index in [-0.39, 0.29) is 10.7 Å². The van der Waals surface area contributed by atoms with Crippen LogP contribution in [0.5, 0.6) is 0 Å². The molecule has 0 saturated carbocycles. The van der Waals surface area contributed by atoms with E-state index in [0.29, 0.717) is 12.1 Å². The lowest BCUT2D eigenvalue weighted by Crippen LogP contribution is -2.04. The number of benzene rings is 1. The molecular weight excluding hydrogens is 216 g/mol. The summed E-state index contributed by atoms with van der Waals surface area (Å²) in [6.45, 7) is 0.538. The van der Waals surface area contributed by atoms with Gasteiger partial charge in [0.15, 0.2) is 0 Å². The van der Waals surface area contributed by atoms with Gasteiger partial charge in [-0.1, -0.05) is 23.4 Å². The van der Waals surface area contributed by atoms with E-state index in [0.717, 1.165) is 0 Å². The van der Waals surface area contributed by atoms with Crippen molar-refractivity contribution < 1.29 is 4.92 Å². The first kappa shape index (κ1) is 11.5. The molecule has 0 unspecified atom stereocenters. The van der Waals surface area contributed by atoms with E-state index in [1.54, 1.807) is 13.1 Å². The first-order chi connectivity index (χ1) is 7.15. The molecule has 1 aromatic carbocycles. The first-order valence-corrected chi connectivity index (χ1v) is 4.60. The first-order valence-electron chi connectivity index (χ1n) is 4.22. The van der Waals surface area contributed by atoms with Crippen molar-refractivity contribution in [2.75, 3.05) is 13.6 Å². The molecule has 0 fully saturated rings. The monoisotopic (exact) mass is 224 g/mol. The molecule has 0 bridgehead atoms. The Labute approximate surface area is 92.4 Å². The van der Waals surface area contributed by atoms with Crippen LogP contribution < -0.4 is 5.32 Å². The van der Waals surface area contributed by atoms with E-state index >= 15 is 0 Å². The Morgan fingerprint density at radius 2 is 2.33 bits per heavy atom. The van der Waals surface area contributed by atoms with Crippen LogP contribution in [0.2, 0.25) is 5.02 Å². The van der Waals surface area contributed by atoms with Gasteiger partial charge in [-0.15, -0.1) is 0 Å². The second kappa shape index (κ2) is 5.35. The van der Waals surface area contributed by atoms with Crippen LogP contribution in [0.1, 0.15) is 5.56 Å². The van der Waals surface area contributed by atoms with E-state index < -0.39 is 4.92 Å². The molecule has 4 nitrogen and oxygen atoms in total. The molecule has 0 aliphatic carbocycles. The Morgan fingerprint density at radius 3 is 2.93 bits per heavy atom. The highest BCUT2D eigenvalue weighted by atomic mass is 35.5. The number of rotatable bonds is 2. The van der Waals surface area contributed by atoms with Gasteiger partial charge in [0.25, 0.3) is 5.69 Å². The van der Waals surface area contributed by atoms with Crippen molar-refractivity contribution in [3.05, 3.63) is 38.9 Å². The smallest absolute Gasteiger partial charge is 0.289 e. The highest BCUT2D eigenvalue weighted by Gasteiger charge is 2.11. The summed E-state index contributed by atoms with van der Waals surface area (Å²) < 4.78 is 0. The van der Waals surface area contributed by atoms with Crippen LogP contribution in [0.25, 0.3) is 0 Å². The molecular formula is C10H9ClN2O2. The molecule has 0 atom stereocenters. The second-order valence-electron chi connectivity index (χ2n) is 2.76. The van der Waals surface area contributed by atoms with Gasteiger partial charge in [-0.3, -0.25) is 10.1 Å². The number of nitrogens with zero attached hydrogens (tertiary/aromatic N) is 1. The lowest BCUT2D eigenvalue weighted by Gasteiger charge is -1.95. The third-order valence-electron chi connectivity index (χ3n) is 1.64. The Morgan fingerprint density at radius 1 is 1.60 bits per heavy atom. The standard InChI is InChI=1S/C10H9ClN2O2/c1-12-6-2-3-8-4-5-9(11)10(7-8)13(14)15/h4-5,7,12H,6H2,1H3. The van der Waals surface area contributed by atoms with Gasteiger partial charge in [0.05, 0.1) is 11.5 Å². The van der Waals surface area contributed by atoms with Crippen molar-refractivity contribution in [3.8, 4) is 11.8 Å². The highest BCUT2D eigenvalue weighted by molar-refractivity contribution is 6.32. The summed E-state index contributed by atoms with van der Waals surface area (Å²) in [7, 11) is 1.78. The molecule has 0 amide bonds. The minimum Gasteiger partial charge on any atom is -0.309 e. The molecule has 0 aliphatic heterocycles. The van der Waals surface area contributed by atoms with E-state index in [9.17, 15) is 10.1 Å². The summed E-state index contributed by atoms with van der Waals surface area (Å²) in [5, 5.41) is 13.5. The summed E-state index contributed by atoms with van der Waals surface area (Å²) in [6, 6.07) is 4.49. The van der Waals surface area contributed by atoms with Crippen LogP contribution in [-0.4, -0.2) is 18.5 Å². The maximum Gasteiger partial charge on any atom is 0.289 e. The second-order valence-corrected chi connectivity index (χ2v) is 3.16. The van der Waals surface area contributed by atoms with Gasteiger partial charge in [0, 0.05) is 11.6 Å². The van der Waals surface area contributed by atoms with Gasteiger partial charge < -0.3 is 5.32 Å². The lowest BCUT2D eigenvalue weighted by molar-refractivity contribution is -0.384.